The van der Waals surface area contributed by atoms with Gasteiger partial charge >= 0.3 is 6.18 Å². The molecule has 0 fully saturated rings. The van der Waals surface area contributed by atoms with Gasteiger partial charge in [-0.3, -0.25) is 4.79 Å². The molecular weight excluding hydrogens is 371 g/mol. The molecule has 28 heavy (non-hydrogen) atoms. The monoisotopic (exact) mass is 393 g/mol. The van der Waals surface area contributed by atoms with Crippen LogP contribution in [0.25, 0.3) is 6.08 Å². The molecule has 1 amide bonds. The predicted octanol–water partition coefficient (Wildman–Crippen LogP) is 4.83. The Morgan fingerprint density at radius 3 is 2.54 bits per heavy atom. The summed E-state index contributed by atoms with van der Waals surface area (Å²) in [5, 5.41) is 2.56. The van der Waals surface area contributed by atoms with E-state index in [-0.39, 0.29) is 12.6 Å². The van der Waals surface area contributed by atoms with Gasteiger partial charge in [0.1, 0.15) is 0 Å². The maximum atomic E-state index is 12.7. The highest BCUT2D eigenvalue weighted by molar-refractivity contribution is 5.91. The second kappa shape index (κ2) is 9.30. The van der Waals surface area contributed by atoms with Crippen LogP contribution in [0.3, 0.4) is 0 Å². The second-order valence-corrected chi connectivity index (χ2v) is 6.33. The van der Waals surface area contributed by atoms with E-state index in [2.05, 4.69) is 5.32 Å². The third-order valence-electron chi connectivity index (χ3n) is 3.70. The molecule has 4 nitrogen and oxygen atoms in total. The maximum absolute atomic E-state index is 12.7. The van der Waals surface area contributed by atoms with Crippen molar-refractivity contribution in [2.75, 3.05) is 7.11 Å². The lowest BCUT2D eigenvalue weighted by molar-refractivity contribution is -0.137. The summed E-state index contributed by atoms with van der Waals surface area (Å²) in [4.78, 5) is 12.0. The summed E-state index contributed by atoms with van der Waals surface area (Å²) in [7, 11) is 1.53. The molecule has 2 aromatic carbocycles. The van der Waals surface area contributed by atoms with Gasteiger partial charge < -0.3 is 14.8 Å². The highest BCUT2D eigenvalue weighted by atomic mass is 19.4. The average Bonchev–Trinajstić information content (AvgIpc) is 2.64. The van der Waals surface area contributed by atoms with Gasteiger partial charge in [-0.1, -0.05) is 18.2 Å². The van der Waals surface area contributed by atoms with Crippen molar-refractivity contribution in [2.24, 2.45) is 0 Å². The summed E-state index contributed by atoms with van der Waals surface area (Å²) >= 11 is 0. The molecule has 0 aliphatic heterocycles. The molecule has 7 heteroatoms. The summed E-state index contributed by atoms with van der Waals surface area (Å²) < 4.78 is 49.1. The van der Waals surface area contributed by atoms with Crippen LogP contribution in [0.4, 0.5) is 13.2 Å². The number of halogens is 3. The van der Waals surface area contributed by atoms with Gasteiger partial charge in [-0.15, -0.1) is 0 Å². The van der Waals surface area contributed by atoms with Gasteiger partial charge in [-0.25, -0.2) is 0 Å². The summed E-state index contributed by atoms with van der Waals surface area (Å²) in [5.41, 5.74) is 0.348. The zero-order valence-electron chi connectivity index (χ0n) is 15.8. The smallest absolute Gasteiger partial charge is 0.416 e. The van der Waals surface area contributed by atoms with E-state index in [1.807, 2.05) is 13.8 Å². The van der Waals surface area contributed by atoms with Crippen molar-refractivity contribution in [2.45, 2.75) is 32.7 Å². The van der Waals surface area contributed by atoms with Crippen LogP contribution in [0.1, 0.15) is 30.5 Å². The number of amides is 1. The van der Waals surface area contributed by atoms with E-state index in [1.165, 1.54) is 25.3 Å². The molecule has 0 aromatic heterocycles. The molecule has 1 N–H and O–H groups in total. The number of hydrogen-bond donors (Lipinski definition) is 1. The van der Waals surface area contributed by atoms with E-state index in [1.54, 1.807) is 24.3 Å². The Labute approximate surface area is 162 Å². The lowest BCUT2D eigenvalue weighted by Crippen LogP contribution is -2.20. The molecule has 0 bridgehead atoms. The Bertz CT molecular complexity index is 845. The molecule has 2 rings (SSSR count). The Morgan fingerprint density at radius 2 is 1.89 bits per heavy atom. The molecule has 0 heterocycles. The Kier molecular flexibility index (Phi) is 7.09. The van der Waals surface area contributed by atoms with Crippen LogP contribution in [0.15, 0.2) is 48.5 Å². The fraction of sp³-hybridized carbons (Fsp3) is 0.286. The molecule has 0 atom stereocenters. The van der Waals surface area contributed by atoms with E-state index < -0.39 is 17.6 Å². The van der Waals surface area contributed by atoms with Crippen LogP contribution in [0.5, 0.6) is 11.5 Å². The number of carbonyl (C=O) groups excluding carboxylic acids is 1. The fourth-order valence-electron chi connectivity index (χ4n) is 2.42. The van der Waals surface area contributed by atoms with Gasteiger partial charge in [0.25, 0.3) is 0 Å². The first-order chi connectivity index (χ1) is 13.2. The van der Waals surface area contributed by atoms with Crippen molar-refractivity contribution < 1.29 is 27.4 Å². The van der Waals surface area contributed by atoms with E-state index >= 15 is 0 Å². The van der Waals surface area contributed by atoms with E-state index in [0.717, 1.165) is 17.7 Å². The number of alkyl halides is 3. The zero-order chi connectivity index (χ0) is 20.7. The van der Waals surface area contributed by atoms with Gasteiger partial charge in [0.2, 0.25) is 5.91 Å². The van der Waals surface area contributed by atoms with Crippen LogP contribution in [0, 0.1) is 0 Å². The van der Waals surface area contributed by atoms with Gasteiger partial charge in [0.05, 0.1) is 18.8 Å². The van der Waals surface area contributed by atoms with Gasteiger partial charge in [0.15, 0.2) is 11.5 Å². The minimum absolute atomic E-state index is 0.00240. The second-order valence-electron chi connectivity index (χ2n) is 6.33. The van der Waals surface area contributed by atoms with E-state index in [0.29, 0.717) is 17.1 Å². The van der Waals surface area contributed by atoms with E-state index in [4.69, 9.17) is 9.47 Å². The number of methoxy groups -OCH3 is 1. The molecule has 0 radical (unpaired) electrons. The predicted molar refractivity (Wildman–Crippen MR) is 101 cm³/mol. The third-order valence-corrected chi connectivity index (χ3v) is 3.70. The molecule has 0 aliphatic rings. The molecule has 0 aliphatic carbocycles. The molecular formula is C21H22F3NO3. The summed E-state index contributed by atoms with van der Waals surface area (Å²) in [6.07, 6.45) is -1.52. The average molecular weight is 393 g/mol. The largest absolute Gasteiger partial charge is 0.493 e. The molecule has 2 aromatic rings. The summed E-state index contributed by atoms with van der Waals surface area (Å²) in [6.45, 7) is 3.81. The quantitative estimate of drug-likeness (QED) is 0.686. The standard InChI is InChI=1S/C21H22F3NO3/c1-14(2)28-18-9-7-15(12-19(18)27-3)8-10-20(26)25-13-16-5-4-6-17(11-16)21(22,23)24/h4-12,14H,13H2,1-3H3,(H,25,26)/b10-8+. The summed E-state index contributed by atoms with van der Waals surface area (Å²) in [5.74, 6) is 0.725. The van der Waals surface area contributed by atoms with Gasteiger partial charge in [-0.2, -0.15) is 13.2 Å². The van der Waals surface area contributed by atoms with Crippen LogP contribution >= 0.6 is 0 Å². The van der Waals surface area contributed by atoms with Crippen molar-refractivity contribution in [1.29, 1.82) is 0 Å². The number of ether oxygens (including phenoxy) is 2. The highest BCUT2D eigenvalue weighted by Crippen LogP contribution is 2.30. The lowest BCUT2D eigenvalue weighted by atomic mass is 10.1. The molecule has 0 spiro atoms. The van der Waals surface area contributed by atoms with Gasteiger partial charge in [0, 0.05) is 12.6 Å². The third kappa shape index (κ3) is 6.33. The van der Waals surface area contributed by atoms with Crippen molar-refractivity contribution in [1.82, 2.24) is 5.32 Å². The lowest BCUT2D eigenvalue weighted by Gasteiger charge is -2.13. The minimum Gasteiger partial charge on any atom is -0.493 e. The normalized spacial score (nSPS) is 11.7. The first kappa shape index (κ1) is 21.3. The maximum Gasteiger partial charge on any atom is 0.416 e. The van der Waals surface area contributed by atoms with Crippen molar-refractivity contribution in [3.05, 3.63) is 65.2 Å². The topological polar surface area (TPSA) is 47.6 Å². The Morgan fingerprint density at radius 1 is 1.14 bits per heavy atom. The number of benzene rings is 2. The van der Waals surface area contributed by atoms with Crippen molar-refractivity contribution in [3.63, 3.8) is 0 Å². The first-order valence-electron chi connectivity index (χ1n) is 8.66. The zero-order valence-corrected chi connectivity index (χ0v) is 15.8. The molecule has 150 valence electrons. The van der Waals surface area contributed by atoms with E-state index in [9.17, 15) is 18.0 Å². The van der Waals surface area contributed by atoms with Crippen LogP contribution in [0.2, 0.25) is 0 Å². The number of rotatable bonds is 7. The van der Waals surface area contributed by atoms with Crippen molar-refractivity contribution in [3.8, 4) is 11.5 Å². The van der Waals surface area contributed by atoms with Crippen LogP contribution in [-0.2, 0) is 17.5 Å². The molecule has 0 saturated carbocycles. The Hall–Kier alpha value is -2.96. The number of carbonyl (C=O) groups is 1. The SMILES string of the molecule is COc1cc(/C=C/C(=O)NCc2cccc(C(F)(F)F)c2)ccc1OC(C)C. The van der Waals surface area contributed by atoms with Gasteiger partial charge in [-0.05, 0) is 55.3 Å². The minimum atomic E-state index is -4.41. The number of hydrogen-bond acceptors (Lipinski definition) is 3. The molecule has 0 saturated heterocycles. The molecule has 0 unspecified atom stereocenters. The van der Waals surface area contributed by atoms with Crippen LogP contribution in [-0.4, -0.2) is 19.1 Å². The summed E-state index contributed by atoms with van der Waals surface area (Å²) in [6, 6.07) is 10.1. The Balaban J connectivity index is 1.98. The van der Waals surface area contributed by atoms with Crippen molar-refractivity contribution >= 4 is 12.0 Å². The first-order valence-corrected chi connectivity index (χ1v) is 8.66. The van der Waals surface area contributed by atoms with Crippen LogP contribution < -0.4 is 14.8 Å². The fourth-order valence-corrected chi connectivity index (χ4v) is 2.42. The number of nitrogens with one attached hydrogen (secondary N) is 1. The highest BCUT2D eigenvalue weighted by Gasteiger charge is 2.30.